The van der Waals surface area contributed by atoms with Gasteiger partial charge >= 0.3 is 6.03 Å². The molecule has 0 aromatic heterocycles. The molecule has 1 aliphatic rings. The Labute approximate surface area is 104 Å². The number of carbonyl (C=O) groups excluding carboxylic acids is 1. The van der Waals surface area contributed by atoms with Crippen LogP contribution in [0.5, 0.6) is 0 Å². The Morgan fingerprint density at radius 3 is 2.47 bits per heavy atom. The minimum absolute atomic E-state index is 0.0640. The van der Waals surface area contributed by atoms with Gasteiger partial charge in [0.25, 0.3) is 0 Å². The number of rotatable bonds is 4. The summed E-state index contributed by atoms with van der Waals surface area (Å²) in [6.07, 6.45) is 5.41. The first kappa shape index (κ1) is 14.3. The summed E-state index contributed by atoms with van der Waals surface area (Å²) < 4.78 is 0. The molecule has 0 spiro atoms. The van der Waals surface area contributed by atoms with Crippen LogP contribution >= 0.6 is 0 Å². The van der Waals surface area contributed by atoms with Gasteiger partial charge in [-0.25, -0.2) is 4.79 Å². The van der Waals surface area contributed by atoms with Crippen LogP contribution in [0.1, 0.15) is 46.0 Å². The fraction of sp³-hybridized carbons (Fsp3) is 0.923. The molecule has 2 N–H and O–H groups in total. The Kier molecular flexibility index (Phi) is 5.75. The van der Waals surface area contributed by atoms with E-state index < -0.39 is 6.10 Å². The van der Waals surface area contributed by atoms with Crippen molar-refractivity contribution in [1.29, 1.82) is 0 Å². The second-order valence-corrected chi connectivity index (χ2v) is 5.30. The van der Waals surface area contributed by atoms with Crippen LogP contribution in [-0.4, -0.2) is 41.8 Å². The zero-order valence-corrected chi connectivity index (χ0v) is 11.3. The number of aliphatic hydroxyl groups is 1. The molecular formula is C13H26N2O2. The molecule has 0 aliphatic heterocycles. The lowest BCUT2D eigenvalue weighted by Crippen LogP contribution is -2.46. The molecule has 0 radical (unpaired) electrons. The van der Waals surface area contributed by atoms with Crippen LogP contribution in [0.15, 0.2) is 0 Å². The molecule has 1 rings (SSSR count). The zero-order chi connectivity index (χ0) is 12.8. The Morgan fingerprint density at radius 1 is 1.41 bits per heavy atom. The highest BCUT2D eigenvalue weighted by Crippen LogP contribution is 2.26. The zero-order valence-electron chi connectivity index (χ0n) is 11.3. The van der Waals surface area contributed by atoms with Crippen LogP contribution in [0.3, 0.4) is 0 Å². The molecule has 1 aliphatic carbocycles. The van der Waals surface area contributed by atoms with E-state index in [1.165, 1.54) is 19.3 Å². The molecule has 0 heterocycles. The summed E-state index contributed by atoms with van der Waals surface area (Å²) in [7, 11) is 1.72. The van der Waals surface area contributed by atoms with E-state index in [1.54, 1.807) is 18.9 Å². The third kappa shape index (κ3) is 4.94. The van der Waals surface area contributed by atoms with Gasteiger partial charge in [0, 0.05) is 19.6 Å². The quantitative estimate of drug-likeness (QED) is 0.792. The number of nitrogens with zero attached hydrogens (tertiary/aromatic N) is 1. The topological polar surface area (TPSA) is 52.6 Å². The monoisotopic (exact) mass is 242 g/mol. The van der Waals surface area contributed by atoms with Crippen LogP contribution in [-0.2, 0) is 0 Å². The summed E-state index contributed by atoms with van der Waals surface area (Å²) in [6, 6.07) is 0.257. The molecule has 0 aromatic carbocycles. The summed E-state index contributed by atoms with van der Waals surface area (Å²) in [5, 5.41) is 12.3. The van der Waals surface area contributed by atoms with Crippen LogP contribution < -0.4 is 5.32 Å². The normalized spacial score (nSPS) is 26.4. The molecule has 0 aromatic rings. The molecule has 100 valence electrons. The SMILES string of the molecule is CCC1CCC(NC(=O)N(C)CC(C)O)CC1. The minimum Gasteiger partial charge on any atom is -0.392 e. The fourth-order valence-electron chi connectivity index (χ4n) is 2.48. The van der Waals surface area contributed by atoms with Gasteiger partial charge in [0.1, 0.15) is 0 Å². The number of carbonyl (C=O) groups is 1. The molecule has 2 amide bonds. The summed E-state index contributed by atoms with van der Waals surface area (Å²) in [4.78, 5) is 13.4. The molecule has 0 bridgehead atoms. The molecule has 1 unspecified atom stereocenters. The van der Waals surface area contributed by atoms with Gasteiger partial charge in [-0.3, -0.25) is 0 Å². The molecule has 1 atom stereocenters. The predicted octanol–water partition coefficient (Wildman–Crippen LogP) is 1.98. The van der Waals surface area contributed by atoms with Gasteiger partial charge in [-0.05, 0) is 38.5 Å². The third-order valence-electron chi connectivity index (χ3n) is 3.64. The van der Waals surface area contributed by atoms with Crippen molar-refractivity contribution in [3.63, 3.8) is 0 Å². The van der Waals surface area contributed by atoms with Crippen LogP contribution in [0.25, 0.3) is 0 Å². The van der Waals surface area contributed by atoms with Gasteiger partial charge < -0.3 is 15.3 Å². The largest absolute Gasteiger partial charge is 0.392 e. The molecule has 4 heteroatoms. The van der Waals surface area contributed by atoms with E-state index in [-0.39, 0.29) is 6.03 Å². The first-order valence-electron chi connectivity index (χ1n) is 6.72. The summed E-state index contributed by atoms with van der Waals surface area (Å²) in [5.41, 5.74) is 0. The highest BCUT2D eigenvalue weighted by Gasteiger charge is 2.22. The standard InChI is InChI=1S/C13H26N2O2/c1-4-11-5-7-12(8-6-11)14-13(17)15(3)9-10(2)16/h10-12,16H,4-9H2,1-3H3,(H,14,17). The van der Waals surface area contributed by atoms with Crippen molar-refractivity contribution in [2.75, 3.05) is 13.6 Å². The van der Waals surface area contributed by atoms with Crippen molar-refractivity contribution in [2.45, 2.75) is 58.1 Å². The first-order valence-corrected chi connectivity index (χ1v) is 6.72. The van der Waals surface area contributed by atoms with Crippen LogP contribution in [0.4, 0.5) is 4.79 Å². The Hall–Kier alpha value is -0.770. The lowest BCUT2D eigenvalue weighted by molar-refractivity contribution is 0.140. The average Bonchev–Trinajstić information content (AvgIpc) is 2.29. The number of urea groups is 1. The van der Waals surface area contributed by atoms with E-state index in [2.05, 4.69) is 12.2 Å². The molecule has 0 saturated heterocycles. The highest BCUT2D eigenvalue weighted by atomic mass is 16.3. The predicted molar refractivity (Wildman–Crippen MR) is 68.9 cm³/mol. The van der Waals surface area contributed by atoms with Crippen molar-refractivity contribution in [2.24, 2.45) is 5.92 Å². The van der Waals surface area contributed by atoms with E-state index >= 15 is 0 Å². The lowest BCUT2D eigenvalue weighted by Gasteiger charge is -2.30. The summed E-state index contributed by atoms with van der Waals surface area (Å²) >= 11 is 0. The lowest BCUT2D eigenvalue weighted by atomic mass is 9.84. The van der Waals surface area contributed by atoms with E-state index in [0.29, 0.717) is 12.6 Å². The van der Waals surface area contributed by atoms with Gasteiger partial charge in [0.2, 0.25) is 0 Å². The number of aliphatic hydroxyl groups excluding tert-OH is 1. The van der Waals surface area contributed by atoms with E-state index in [9.17, 15) is 9.90 Å². The number of hydrogen-bond acceptors (Lipinski definition) is 2. The highest BCUT2D eigenvalue weighted by molar-refractivity contribution is 5.74. The number of likely N-dealkylation sites (N-methyl/N-ethyl adjacent to an activating group) is 1. The van der Waals surface area contributed by atoms with Gasteiger partial charge in [0.15, 0.2) is 0 Å². The van der Waals surface area contributed by atoms with E-state index in [0.717, 1.165) is 18.8 Å². The number of nitrogens with one attached hydrogen (secondary N) is 1. The Balaban J connectivity index is 2.27. The maximum Gasteiger partial charge on any atom is 0.317 e. The van der Waals surface area contributed by atoms with Crippen molar-refractivity contribution < 1.29 is 9.90 Å². The van der Waals surface area contributed by atoms with Gasteiger partial charge in [-0.15, -0.1) is 0 Å². The Bertz CT molecular complexity index is 236. The number of hydrogen-bond donors (Lipinski definition) is 2. The van der Waals surface area contributed by atoms with Crippen LogP contribution in [0, 0.1) is 5.92 Å². The van der Waals surface area contributed by atoms with Crippen molar-refractivity contribution in [3.8, 4) is 0 Å². The minimum atomic E-state index is -0.471. The second kappa shape index (κ2) is 6.84. The molecular weight excluding hydrogens is 216 g/mol. The summed E-state index contributed by atoms with van der Waals surface area (Å²) in [5.74, 6) is 0.846. The molecule has 4 nitrogen and oxygen atoms in total. The van der Waals surface area contributed by atoms with Gasteiger partial charge in [-0.2, -0.15) is 0 Å². The van der Waals surface area contributed by atoms with Gasteiger partial charge in [0.05, 0.1) is 6.10 Å². The van der Waals surface area contributed by atoms with Crippen molar-refractivity contribution in [1.82, 2.24) is 10.2 Å². The maximum absolute atomic E-state index is 11.8. The first-order chi connectivity index (χ1) is 8.02. The Morgan fingerprint density at radius 2 is 2.00 bits per heavy atom. The molecule has 1 fully saturated rings. The smallest absolute Gasteiger partial charge is 0.317 e. The van der Waals surface area contributed by atoms with Crippen molar-refractivity contribution >= 4 is 6.03 Å². The fourth-order valence-corrected chi connectivity index (χ4v) is 2.48. The summed E-state index contributed by atoms with van der Waals surface area (Å²) in [6.45, 7) is 4.31. The third-order valence-corrected chi connectivity index (χ3v) is 3.64. The van der Waals surface area contributed by atoms with Gasteiger partial charge in [-0.1, -0.05) is 13.3 Å². The number of amides is 2. The maximum atomic E-state index is 11.8. The second-order valence-electron chi connectivity index (χ2n) is 5.30. The molecule has 17 heavy (non-hydrogen) atoms. The van der Waals surface area contributed by atoms with E-state index in [1.807, 2.05) is 0 Å². The molecule has 1 saturated carbocycles. The average molecular weight is 242 g/mol. The van der Waals surface area contributed by atoms with Crippen LogP contribution in [0.2, 0.25) is 0 Å². The van der Waals surface area contributed by atoms with Crippen molar-refractivity contribution in [3.05, 3.63) is 0 Å². The van der Waals surface area contributed by atoms with E-state index in [4.69, 9.17) is 0 Å².